The smallest absolute Gasteiger partial charge is 0.0941 e. The zero-order valence-electron chi connectivity index (χ0n) is 11.4. The van der Waals surface area contributed by atoms with E-state index in [-0.39, 0.29) is 24.0 Å². The first-order valence-corrected chi connectivity index (χ1v) is 7.12. The van der Waals surface area contributed by atoms with Crippen molar-refractivity contribution in [2.75, 3.05) is 18.1 Å². The molecule has 0 bridgehead atoms. The number of hydrogen-bond acceptors (Lipinski definition) is 2. The van der Waals surface area contributed by atoms with Crippen LogP contribution in [0.3, 0.4) is 0 Å². The van der Waals surface area contributed by atoms with E-state index in [1.807, 2.05) is 12.1 Å². The quantitative estimate of drug-likeness (QED) is 0.491. The molecule has 19 heavy (non-hydrogen) atoms. The molecule has 2 nitrogen and oxygen atoms in total. The van der Waals surface area contributed by atoms with Crippen LogP contribution in [0, 0.1) is 0 Å². The Hall–Kier alpha value is -0.420. The lowest BCUT2D eigenvalue weighted by molar-refractivity contribution is 0.390. The van der Waals surface area contributed by atoms with Crippen LogP contribution in [0.25, 0.3) is 0 Å². The Morgan fingerprint density at radius 3 is 2.47 bits per heavy atom. The number of benzene rings is 1. The van der Waals surface area contributed by atoms with Gasteiger partial charge in [0.2, 0.25) is 0 Å². The molecule has 0 saturated heterocycles. The van der Waals surface area contributed by atoms with Crippen LogP contribution in [0.2, 0.25) is 5.02 Å². The molecule has 0 amide bonds. The van der Waals surface area contributed by atoms with Gasteiger partial charge in [0.25, 0.3) is 0 Å². The number of unbranched alkanes of at least 4 members (excludes halogenated alkanes) is 3. The van der Waals surface area contributed by atoms with Gasteiger partial charge < -0.3 is 9.80 Å². The van der Waals surface area contributed by atoms with E-state index in [1.54, 1.807) is 0 Å². The van der Waals surface area contributed by atoms with Gasteiger partial charge in [-0.1, -0.05) is 37.8 Å². The Morgan fingerprint density at radius 1 is 1.05 bits per heavy atom. The summed E-state index contributed by atoms with van der Waals surface area (Å²) in [4.78, 5) is 4.61. The van der Waals surface area contributed by atoms with Crippen LogP contribution < -0.4 is 4.90 Å². The monoisotopic (exact) mass is 392 g/mol. The van der Waals surface area contributed by atoms with Crippen LogP contribution in [-0.4, -0.2) is 18.1 Å². The average Bonchev–Trinajstić information content (AvgIpc) is 2.84. The van der Waals surface area contributed by atoms with E-state index in [1.165, 1.54) is 31.4 Å². The Kier molecular flexibility index (Phi) is 7.61. The number of nitrogens with zero attached hydrogens (tertiary/aromatic N) is 2. The zero-order valence-corrected chi connectivity index (χ0v) is 14.5. The predicted molar refractivity (Wildman–Crippen MR) is 94.2 cm³/mol. The molecule has 1 aliphatic heterocycles. The molecule has 2 rings (SSSR count). The highest BCUT2D eigenvalue weighted by atomic mass is 127. The van der Waals surface area contributed by atoms with Gasteiger partial charge in [0.15, 0.2) is 0 Å². The maximum absolute atomic E-state index is 5.90. The van der Waals surface area contributed by atoms with Gasteiger partial charge in [-0.25, -0.2) is 0 Å². The molecule has 1 aromatic carbocycles. The van der Waals surface area contributed by atoms with E-state index in [0.717, 1.165) is 18.2 Å². The van der Waals surface area contributed by atoms with Gasteiger partial charge in [0, 0.05) is 29.7 Å². The van der Waals surface area contributed by atoms with Crippen molar-refractivity contribution >= 4 is 41.3 Å². The second-order valence-corrected chi connectivity index (χ2v) is 5.20. The van der Waals surface area contributed by atoms with Gasteiger partial charge in [-0.2, -0.15) is 0 Å². The first-order chi connectivity index (χ1) is 8.79. The standard InChI is InChI=1S/C15H21ClN2.HI/c1-2-3-4-5-10-17-11-12-18(13-17)15-8-6-14(16)7-9-15;/h6-9,11-12H,2-5,10,13H2,1H3;1H. The van der Waals surface area contributed by atoms with Crippen LogP contribution in [0.15, 0.2) is 36.7 Å². The molecular formula is C15H22ClIN2. The van der Waals surface area contributed by atoms with Crippen LogP contribution in [0.5, 0.6) is 0 Å². The number of hydrogen-bond donors (Lipinski definition) is 0. The number of rotatable bonds is 6. The highest BCUT2D eigenvalue weighted by molar-refractivity contribution is 14.0. The number of anilines is 1. The summed E-state index contributed by atoms with van der Waals surface area (Å²) in [5.41, 5.74) is 1.20. The summed E-state index contributed by atoms with van der Waals surface area (Å²) in [7, 11) is 0. The molecule has 0 aliphatic carbocycles. The Balaban J connectivity index is 0.00000180. The molecule has 0 spiro atoms. The summed E-state index contributed by atoms with van der Waals surface area (Å²) in [6, 6.07) is 8.00. The lowest BCUT2D eigenvalue weighted by Crippen LogP contribution is -2.25. The first-order valence-electron chi connectivity index (χ1n) is 6.74. The largest absolute Gasteiger partial charge is 0.358 e. The first kappa shape index (κ1) is 16.6. The Bertz CT molecular complexity index is 392. The third-order valence-corrected chi connectivity index (χ3v) is 3.50. The van der Waals surface area contributed by atoms with Gasteiger partial charge in [0.1, 0.15) is 0 Å². The third kappa shape index (κ3) is 5.22. The van der Waals surface area contributed by atoms with Gasteiger partial charge in [-0.3, -0.25) is 0 Å². The van der Waals surface area contributed by atoms with Crippen LogP contribution in [0.4, 0.5) is 5.69 Å². The molecule has 1 heterocycles. The summed E-state index contributed by atoms with van der Waals surface area (Å²) >= 11 is 5.90. The molecule has 0 radical (unpaired) electrons. The molecule has 0 fully saturated rings. The van der Waals surface area contributed by atoms with Gasteiger partial charge >= 0.3 is 0 Å². The summed E-state index contributed by atoms with van der Waals surface area (Å²) in [6.07, 6.45) is 9.59. The fraction of sp³-hybridized carbons (Fsp3) is 0.467. The topological polar surface area (TPSA) is 6.48 Å². The van der Waals surface area contributed by atoms with E-state index in [0.29, 0.717) is 0 Å². The van der Waals surface area contributed by atoms with Crippen molar-refractivity contribution in [2.45, 2.75) is 32.6 Å². The number of halogens is 2. The fourth-order valence-corrected chi connectivity index (χ4v) is 2.28. The second kappa shape index (κ2) is 8.69. The molecule has 1 aromatic rings. The molecule has 106 valence electrons. The summed E-state index contributed by atoms with van der Waals surface area (Å²) < 4.78 is 0. The van der Waals surface area contributed by atoms with Crippen molar-refractivity contribution in [3.8, 4) is 0 Å². The normalized spacial score (nSPS) is 13.8. The summed E-state index contributed by atoms with van der Waals surface area (Å²) in [5, 5.41) is 0.790. The molecule has 4 heteroatoms. The van der Waals surface area contributed by atoms with Crippen molar-refractivity contribution < 1.29 is 0 Å². The molecule has 0 aromatic heterocycles. The highest BCUT2D eigenvalue weighted by Crippen LogP contribution is 2.21. The van der Waals surface area contributed by atoms with E-state index < -0.39 is 0 Å². The molecule has 0 unspecified atom stereocenters. The van der Waals surface area contributed by atoms with E-state index >= 15 is 0 Å². The third-order valence-electron chi connectivity index (χ3n) is 3.25. The van der Waals surface area contributed by atoms with Crippen molar-refractivity contribution in [2.24, 2.45) is 0 Å². The maximum Gasteiger partial charge on any atom is 0.0941 e. The second-order valence-electron chi connectivity index (χ2n) is 4.76. The predicted octanol–water partition coefficient (Wildman–Crippen LogP) is 5.09. The van der Waals surface area contributed by atoms with Crippen LogP contribution >= 0.6 is 35.6 Å². The molecule has 0 saturated carbocycles. The van der Waals surface area contributed by atoms with Crippen LogP contribution in [0.1, 0.15) is 32.6 Å². The van der Waals surface area contributed by atoms with Crippen LogP contribution in [-0.2, 0) is 0 Å². The van der Waals surface area contributed by atoms with Gasteiger partial charge in [0.05, 0.1) is 6.67 Å². The fourth-order valence-electron chi connectivity index (χ4n) is 2.15. The van der Waals surface area contributed by atoms with Crippen molar-refractivity contribution in [1.82, 2.24) is 4.90 Å². The minimum Gasteiger partial charge on any atom is -0.358 e. The molecule has 1 aliphatic rings. The summed E-state index contributed by atoms with van der Waals surface area (Å²) in [6.45, 7) is 4.35. The molecular weight excluding hydrogens is 371 g/mol. The highest BCUT2D eigenvalue weighted by Gasteiger charge is 2.12. The molecule has 0 N–H and O–H groups in total. The van der Waals surface area contributed by atoms with Crippen molar-refractivity contribution in [1.29, 1.82) is 0 Å². The Labute approximate surface area is 138 Å². The minimum atomic E-state index is 0. The Morgan fingerprint density at radius 2 is 1.79 bits per heavy atom. The maximum atomic E-state index is 5.90. The minimum absolute atomic E-state index is 0. The molecule has 0 atom stereocenters. The van der Waals surface area contributed by atoms with E-state index in [9.17, 15) is 0 Å². The van der Waals surface area contributed by atoms with Gasteiger partial charge in [-0.15, -0.1) is 24.0 Å². The summed E-state index contributed by atoms with van der Waals surface area (Å²) in [5.74, 6) is 0. The SMILES string of the molecule is CCCCCCN1C=CN(c2ccc(Cl)cc2)C1.I. The lowest BCUT2D eigenvalue weighted by Gasteiger charge is -2.21. The van der Waals surface area contributed by atoms with Gasteiger partial charge in [-0.05, 0) is 30.7 Å². The van der Waals surface area contributed by atoms with Crippen molar-refractivity contribution in [3.05, 3.63) is 41.7 Å². The van der Waals surface area contributed by atoms with E-state index in [4.69, 9.17) is 11.6 Å². The lowest BCUT2D eigenvalue weighted by atomic mass is 10.2. The average molecular weight is 393 g/mol. The van der Waals surface area contributed by atoms with Crippen molar-refractivity contribution in [3.63, 3.8) is 0 Å². The zero-order chi connectivity index (χ0) is 12.8. The van der Waals surface area contributed by atoms with E-state index in [2.05, 4.69) is 41.3 Å².